The normalized spacial score (nSPS) is 15.5. The molecule has 0 spiro atoms. The van der Waals surface area contributed by atoms with Gasteiger partial charge >= 0.3 is 6.03 Å². The quantitative estimate of drug-likeness (QED) is 0.341. The molecule has 162 valence electrons. The maximum Gasteiger partial charge on any atom is 0.335 e. The van der Waals surface area contributed by atoms with Gasteiger partial charge in [0.05, 0.1) is 10.7 Å². The van der Waals surface area contributed by atoms with Gasteiger partial charge in [0.2, 0.25) is 0 Å². The van der Waals surface area contributed by atoms with Gasteiger partial charge in [-0.3, -0.25) is 14.9 Å². The van der Waals surface area contributed by atoms with Crippen molar-refractivity contribution in [2.24, 2.45) is 0 Å². The van der Waals surface area contributed by atoms with Gasteiger partial charge in [-0.15, -0.1) is 0 Å². The van der Waals surface area contributed by atoms with Crippen molar-refractivity contribution in [2.45, 2.75) is 13.8 Å². The number of para-hydroxylation sites is 1. The molecule has 1 aromatic heterocycles. The molecule has 6 nitrogen and oxygen atoms in total. The van der Waals surface area contributed by atoms with Crippen molar-refractivity contribution >= 4 is 68.7 Å². The van der Waals surface area contributed by atoms with E-state index < -0.39 is 17.8 Å². The lowest BCUT2D eigenvalue weighted by Crippen LogP contribution is -2.54. The zero-order valence-electron chi connectivity index (χ0n) is 16.9. The highest BCUT2D eigenvalue weighted by Gasteiger charge is 2.38. The van der Waals surface area contributed by atoms with Gasteiger partial charge in [-0.2, -0.15) is 0 Å². The van der Waals surface area contributed by atoms with Crippen LogP contribution in [0.1, 0.15) is 17.0 Å². The Morgan fingerprint density at radius 3 is 2.31 bits per heavy atom. The number of barbiturate groups is 1. The lowest BCUT2D eigenvalue weighted by molar-refractivity contribution is -0.122. The average molecular weight is 533 g/mol. The minimum absolute atomic E-state index is 0.109. The van der Waals surface area contributed by atoms with Crippen molar-refractivity contribution < 1.29 is 14.4 Å². The first kappa shape index (κ1) is 22.3. The van der Waals surface area contributed by atoms with Crippen molar-refractivity contribution in [1.82, 2.24) is 9.88 Å². The summed E-state index contributed by atoms with van der Waals surface area (Å²) >= 11 is 15.7. The highest BCUT2D eigenvalue weighted by Crippen LogP contribution is 2.35. The SMILES string of the molecule is Cc1c(Br)c(/C=C2\C(=O)NC(=O)N(c3ccc(Cl)cc3Cl)C2=O)c(C)n1-c1ccccc1. The largest absolute Gasteiger partial charge is 0.335 e. The van der Waals surface area contributed by atoms with Crippen LogP contribution < -0.4 is 10.2 Å². The standard InChI is InChI=1S/C23H16BrCl2N3O3/c1-12-16(20(24)13(2)28(12)15-6-4-3-5-7-15)11-17-21(30)27-23(32)29(22(17)31)19-9-8-14(25)10-18(19)26/h3-11H,1-2H3,(H,27,30,32)/b17-11+. The van der Waals surface area contributed by atoms with Gasteiger partial charge in [-0.1, -0.05) is 41.4 Å². The molecule has 1 N–H and O–H groups in total. The van der Waals surface area contributed by atoms with E-state index in [1.165, 1.54) is 24.3 Å². The molecule has 32 heavy (non-hydrogen) atoms. The number of imide groups is 2. The maximum absolute atomic E-state index is 13.2. The lowest BCUT2D eigenvalue weighted by atomic mass is 10.1. The first-order valence-electron chi connectivity index (χ1n) is 9.50. The van der Waals surface area contributed by atoms with Crippen LogP contribution in [0, 0.1) is 13.8 Å². The third-order valence-electron chi connectivity index (χ3n) is 5.17. The topological polar surface area (TPSA) is 71.4 Å². The number of nitrogens with one attached hydrogen (secondary N) is 1. The summed E-state index contributed by atoms with van der Waals surface area (Å²) in [5.74, 6) is -1.56. The number of amides is 4. The third-order valence-corrected chi connectivity index (χ3v) is 6.71. The summed E-state index contributed by atoms with van der Waals surface area (Å²) in [6, 6.07) is 13.2. The van der Waals surface area contributed by atoms with Crippen molar-refractivity contribution in [3.8, 4) is 5.69 Å². The van der Waals surface area contributed by atoms with Crippen LogP contribution in [0.4, 0.5) is 10.5 Å². The molecule has 1 aliphatic rings. The minimum Gasteiger partial charge on any atom is -0.317 e. The summed E-state index contributed by atoms with van der Waals surface area (Å²) in [5, 5.41) is 2.67. The van der Waals surface area contributed by atoms with Gasteiger partial charge < -0.3 is 4.57 Å². The molecule has 0 radical (unpaired) electrons. The van der Waals surface area contributed by atoms with Gasteiger partial charge in [0, 0.05) is 32.1 Å². The zero-order valence-corrected chi connectivity index (χ0v) is 20.0. The van der Waals surface area contributed by atoms with Crippen LogP contribution in [0.2, 0.25) is 10.0 Å². The number of carbonyl (C=O) groups excluding carboxylic acids is 3. The Balaban J connectivity index is 1.83. The molecule has 2 heterocycles. The Labute approximate surface area is 202 Å². The van der Waals surface area contributed by atoms with Crippen LogP contribution >= 0.6 is 39.1 Å². The molecule has 0 saturated carbocycles. The van der Waals surface area contributed by atoms with Crippen LogP contribution in [-0.4, -0.2) is 22.4 Å². The van der Waals surface area contributed by atoms with Gasteiger partial charge in [-0.05, 0) is 66.2 Å². The molecule has 0 aliphatic carbocycles. The van der Waals surface area contributed by atoms with E-state index in [0.29, 0.717) is 10.6 Å². The number of benzene rings is 2. The van der Waals surface area contributed by atoms with Crippen LogP contribution in [0.15, 0.2) is 58.6 Å². The van der Waals surface area contributed by atoms with E-state index in [-0.39, 0.29) is 16.3 Å². The smallest absolute Gasteiger partial charge is 0.317 e. The Bertz CT molecular complexity index is 1320. The number of anilines is 1. The molecule has 4 rings (SSSR count). The van der Waals surface area contributed by atoms with E-state index in [2.05, 4.69) is 21.2 Å². The second-order valence-corrected chi connectivity index (χ2v) is 8.76. The molecular formula is C23H16BrCl2N3O3. The third kappa shape index (κ3) is 3.77. The molecule has 0 unspecified atom stereocenters. The Morgan fingerprint density at radius 1 is 0.969 bits per heavy atom. The summed E-state index contributed by atoms with van der Waals surface area (Å²) < 4.78 is 2.75. The van der Waals surface area contributed by atoms with Gasteiger partial charge in [0.1, 0.15) is 5.57 Å². The predicted molar refractivity (Wildman–Crippen MR) is 128 cm³/mol. The molecule has 9 heteroatoms. The number of carbonyl (C=O) groups is 3. The van der Waals surface area contributed by atoms with Crippen molar-refractivity contribution in [2.75, 3.05) is 4.90 Å². The highest BCUT2D eigenvalue weighted by atomic mass is 79.9. The molecule has 0 bridgehead atoms. The number of halogens is 3. The summed E-state index contributed by atoms with van der Waals surface area (Å²) in [6.45, 7) is 3.82. The molecule has 1 aliphatic heterocycles. The first-order valence-corrected chi connectivity index (χ1v) is 11.0. The van der Waals surface area contributed by atoms with Gasteiger partial charge in [0.25, 0.3) is 11.8 Å². The molecule has 3 aromatic rings. The maximum atomic E-state index is 13.2. The molecule has 1 fully saturated rings. The number of nitrogens with zero attached hydrogens (tertiary/aromatic N) is 2. The van der Waals surface area contributed by atoms with E-state index >= 15 is 0 Å². The predicted octanol–water partition coefficient (Wildman–Crippen LogP) is 5.83. The minimum atomic E-state index is -0.879. The Hall–Kier alpha value is -2.87. The van der Waals surface area contributed by atoms with Crippen molar-refractivity contribution in [1.29, 1.82) is 0 Å². The Kier molecular flexibility index (Phi) is 5.99. The number of hydrogen-bond acceptors (Lipinski definition) is 3. The van der Waals surface area contributed by atoms with Gasteiger partial charge in [-0.25, -0.2) is 9.69 Å². The number of urea groups is 1. The monoisotopic (exact) mass is 531 g/mol. The van der Waals surface area contributed by atoms with E-state index in [4.69, 9.17) is 23.2 Å². The summed E-state index contributed by atoms with van der Waals surface area (Å²) in [4.78, 5) is 39.1. The molecule has 1 saturated heterocycles. The van der Waals surface area contributed by atoms with Crippen molar-refractivity contribution in [3.63, 3.8) is 0 Å². The number of aromatic nitrogens is 1. The second-order valence-electron chi connectivity index (χ2n) is 7.12. The lowest BCUT2D eigenvalue weighted by Gasteiger charge is -2.27. The second kappa shape index (κ2) is 8.58. The molecule has 0 atom stereocenters. The number of hydrogen-bond donors (Lipinski definition) is 1. The fourth-order valence-corrected chi connectivity index (χ4v) is 4.71. The van der Waals surface area contributed by atoms with Crippen molar-refractivity contribution in [3.05, 3.63) is 85.6 Å². The average Bonchev–Trinajstić information content (AvgIpc) is 2.95. The van der Waals surface area contributed by atoms with Crippen LogP contribution in [-0.2, 0) is 9.59 Å². The highest BCUT2D eigenvalue weighted by molar-refractivity contribution is 9.10. The summed E-state index contributed by atoms with van der Waals surface area (Å²) in [7, 11) is 0. The van der Waals surface area contributed by atoms with E-state index in [1.54, 1.807) is 0 Å². The van der Waals surface area contributed by atoms with E-state index in [0.717, 1.165) is 26.4 Å². The summed E-state index contributed by atoms with van der Waals surface area (Å²) in [5.41, 5.74) is 3.26. The van der Waals surface area contributed by atoms with Crippen LogP contribution in [0.3, 0.4) is 0 Å². The first-order chi connectivity index (χ1) is 15.2. The van der Waals surface area contributed by atoms with Gasteiger partial charge in [0.15, 0.2) is 0 Å². The van der Waals surface area contributed by atoms with E-state index in [9.17, 15) is 14.4 Å². The zero-order chi connectivity index (χ0) is 23.2. The Morgan fingerprint density at radius 2 is 1.66 bits per heavy atom. The van der Waals surface area contributed by atoms with Crippen LogP contribution in [0.5, 0.6) is 0 Å². The number of rotatable bonds is 3. The molecular weight excluding hydrogens is 517 g/mol. The fraction of sp³-hybridized carbons (Fsp3) is 0.0870. The van der Waals surface area contributed by atoms with E-state index in [1.807, 2.05) is 48.7 Å². The summed E-state index contributed by atoms with van der Waals surface area (Å²) in [6.07, 6.45) is 1.48. The molecule has 4 amide bonds. The van der Waals surface area contributed by atoms with Crippen LogP contribution in [0.25, 0.3) is 11.8 Å². The molecule has 2 aromatic carbocycles. The fourth-order valence-electron chi connectivity index (χ4n) is 3.64.